The number of halogens is 1. The predicted molar refractivity (Wildman–Crippen MR) is 103 cm³/mol. The second kappa shape index (κ2) is 9.52. The summed E-state index contributed by atoms with van der Waals surface area (Å²) in [5, 5.41) is 13.8. The zero-order valence-electron chi connectivity index (χ0n) is 14.9. The first-order chi connectivity index (χ1) is 13.3. The van der Waals surface area contributed by atoms with E-state index in [2.05, 4.69) is 11.9 Å². The van der Waals surface area contributed by atoms with Crippen molar-refractivity contribution in [3.63, 3.8) is 0 Å². The Labute approximate surface area is 165 Å². The number of ether oxygens (including phenoxy) is 2. The van der Waals surface area contributed by atoms with Crippen molar-refractivity contribution < 1.29 is 24.0 Å². The summed E-state index contributed by atoms with van der Waals surface area (Å²) in [6, 6.07) is 9.79. The molecular formula is C19H17ClN2O6. The van der Waals surface area contributed by atoms with Crippen LogP contribution in [-0.2, 0) is 9.53 Å². The number of hydrogen-bond acceptors (Lipinski definition) is 6. The summed E-state index contributed by atoms with van der Waals surface area (Å²) in [7, 11) is 0. The molecule has 1 amide bonds. The third-order valence-electron chi connectivity index (χ3n) is 3.51. The van der Waals surface area contributed by atoms with E-state index in [1.54, 1.807) is 0 Å². The minimum absolute atomic E-state index is 0.0113. The lowest BCUT2D eigenvalue weighted by Gasteiger charge is -2.13. The van der Waals surface area contributed by atoms with E-state index in [4.69, 9.17) is 21.1 Å². The van der Waals surface area contributed by atoms with E-state index >= 15 is 0 Å². The molecule has 0 aliphatic carbocycles. The van der Waals surface area contributed by atoms with Gasteiger partial charge in [0.15, 0.2) is 6.10 Å². The van der Waals surface area contributed by atoms with Gasteiger partial charge < -0.3 is 14.8 Å². The quantitative estimate of drug-likeness (QED) is 0.309. The van der Waals surface area contributed by atoms with Crippen LogP contribution in [0.25, 0.3) is 0 Å². The van der Waals surface area contributed by atoms with E-state index in [-0.39, 0.29) is 34.3 Å². The van der Waals surface area contributed by atoms with Crippen molar-refractivity contribution in [1.29, 1.82) is 0 Å². The van der Waals surface area contributed by atoms with Crippen LogP contribution in [0.4, 0.5) is 5.69 Å². The molecule has 0 aromatic heterocycles. The van der Waals surface area contributed by atoms with Crippen LogP contribution in [0, 0.1) is 10.1 Å². The molecule has 9 heteroatoms. The summed E-state index contributed by atoms with van der Waals surface area (Å²) >= 11 is 5.77. The van der Waals surface area contributed by atoms with Crippen LogP contribution in [0.2, 0.25) is 5.02 Å². The Morgan fingerprint density at radius 3 is 2.57 bits per heavy atom. The van der Waals surface area contributed by atoms with E-state index in [1.165, 1.54) is 55.5 Å². The number of rotatable bonds is 8. The van der Waals surface area contributed by atoms with Crippen LogP contribution in [0.15, 0.2) is 55.1 Å². The van der Waals surface area contributed by atoms with Crippen LogP contribution >= 0.6 is 11.6 Å². The molecule has 0 spiro atoms. The maximum absolute atomic E-state index is 12.1. The number of benzene rings is 2. The normalized spacial score (nSPS) is 11.2. The van der Waals surface area contributed by atoms with Crippen molar-refractivity contribution >= 4 is 29.2 Å². The molecule has 0 aliphatic heterocycles. The van der Waals surface area contributed by atoms with E-state index in [0.29, 0.717) is 0 Å². The number of nitro benzene ring substituents is 1. The second-order valence-corrected chi connectivity index (χ2v) is 6.01. The molecule has 28 heavy (non-hydrogen) atoms. The number of carbonyl (C=O) groups is 2. The summed E-state index contributed by atoms with van der Waals surface area (Å²) in [6.07, 6.45) is 0.538. The fraction of sp³-hybridized carbons (Fsp3) is 0.158. The molecule has 2 aromatic rings. The number of nitrogens with one attached hydrogen (secondary N) is 1. The van der Waals surface area contributed by atoms with Crippen LogP contribution in [0.5, 0.6) is 11.5 Å². The van der Waals surface area contributed by atoms with E-state index in [9.17, 15) is 19.7 Å². The van der Waals surface area contributed by atoms with Crippen molar-refractivity contribution in [2.75, 3.05) is 6.54 Å². The Kier molecular flexibility index (Phi) is 7.11. The summed E-state index contributed by atoms with van der Waals surface area (Å²) in [6.45, 7) is 5.20. The van der Waals surface area contributed by atoms with Crippen LogP contribution in [0.1, 0.15) is 17.3 Å². The highest BCUT2D eigenvalue weighted by molar-refractivity contribution is 6.30. The van der Waals surface area contributed by atoms with E-state index in [0.717, 1.165) is 0 Å². The SMILES string of the molecule is C=CCNC(=O)[C@H](C)OC(=O)c1ccc(Oc2ccc(Cl)cc2[N+](=O)[O-])cc1. The maximum atomic E-state index is 12.1. The minimum Gasteiger partial charge on any atom is -0.450 e. The summed E-state index contributed by atoms with van der Waals surface area (Å²) in [5.41, 5.74) is -0.0864. The average molecular weight is 405 g/mol. The third-order valence-corrected chi connectivity index (χ3v) is 3.74. The van der Waals surface area contributed by atoms with Crippen molar-refractivity contribution in [2.45, 2.75) is 13.0 Å². The summed E-state index contributed by atoms with van der Waals surface area (Å²) in [5.74, 6) is -0.843. The van der Waals surface area contributed by atoms with Crippen LogP contribution < -0.4 is 10.1 Å². The van der Waals surface area contributed by atoms with Gasteiger partial charge >= 0.3 is 11.7 Å². The van der Waals surface area contributed by atoms with Crippen LogP contribution in [0.3, 0.4) is 0 Å². The standard InChI is InChI=1S/C19H17ClN2O6/c1-3-10-21-18(23)12(2)27-19(24)13-4-7-15(8-5-13)28-17-9-6-14(20)11-16(17)22(25)26/h3-9,11-12H,1,10H2,2H3,(H,21,23)/t12-/m0/s1. The molecule has 0 saturated carbocycles. The van der Waals surface area contributed by atoms with Crippen molar-refractivity contribution in [3.8, 4) is 11.5 Å². The molecule has 0 radical (unpaired) electrons. The van der Waals surface area contributed by atoms with E-state index in [1.807, 2.05) is 0 Å². The van der Waals surface area contributed by atoms with Gasteiger partial charge in [-0.1, -0.05) is 17.7 Å². The first-order valence-corrected chi connectivity index (χ1v) is 8.51. The number of amides is 1. The lowest BCUT2D eigenvalue weighted by Crippen LogP contribution is -2.35. The van der Waals surface area contributed by atoms with Gasteiger partial charge in [-0.3, -0.25) is 14.9 Å². The van der Waals surface area contributed by atoms with Crippen molar-refractivity contribution in [2.24, 2.45) is 0 Å². The highest BCUT2D eigenvalue weighted by Gasteiger charge is 2.19. The maximum Gasteiger partial charge on any atom is 0.338 e. The Morgan fingerprint density at radius 2 is 1.96 bits per heavy atom. The lowest BCUT2D eigenvalue weighted by atomic mass is 10.2. The number of nitrogens with zero attached hydrogens (tertiary/aromatic N) is 1. The Bertz CT molecular complexity index is 898. The average Bonchev–Trinajstić information content (AvgIpc) is 2.67. The van der Waals surface area contributed by atoms with Gasteiger partial charge in [-0.05, 0) is 43.3 Å². The molecule has 0 heterocycles. The number of carbonyl (C=O) groups excluding carboxylic acids is 2. The number of hydrogen-bond donors (Lipinski definition) is 1. The first-order valence-electron chi connectivity index (χ1n) is 8.13. The molecule has 0 fully saturated rings. The Balaban J connectivity index is 2.05. The Morgan fingerprint density at radius 1 is 1.29 bits per heavy atom. The van der Waals surface area contributed by atoms with Crippen LogP contribution in [-0.4, -0.2) is 29.4 Å². The number of esters is 1. The predicted octanol–water partition coefficient (Wildman–Crippen LogP) is 3.89. The molecule has 0 aliphatic rings. The monoisotopic (exact) mass is 404 g/mol. The second-order valence-electron chi connectivity index (χ2n) is 5.58. The van der Waals surface area contributed by atoms with Gasteiger partial charge in [0.25, 0.3) is 5.91 Å². The number of nitro groups is 1. The summed E-state index contributed by atoms with van der Waals surface area (Å²) < 4.78 is 10.6. The fourth-order valence-electron chi connectivity index (χ4n) is 2.10. The molecule has 2 rings (SSSR count). The zero-order chi connectivity index (χ0) is 20.7. The fourth-order valence-corrected chi connectivity index (χ4v) is 2.27. The molecule has 8 nitrogen and oxygen atoms in total. The van der Waals surface area contributed by atoms with Crippen molar-refractivity contribution in [1.82, 2.24) is 5.32 Å². The van der Waals surface area contributed by atoms with Gasteiger partial charge in [0.1, 0.15) is 5.75 Å². The zero-order valence-corrected chi connectivity index (χ0v) is 15.6. The smallest absolute Gasteiger partial charge is 0.338 e. The largest absolute Gasteiger partial charge is 0.450 e. The Hall–Kier alpha value is -3.39. The van der Waals surface area contributed by atoms with Gasteiger partial charge in [0.05, 0.1) is 10.5 Å². The highest BCUT2D eigenvalue weighted by atomic mass is 35.5. The first kappa shape index (κ1) is 20.9. The molecule has 2 aromatic carbocycles. The van der Waals surface area contributed by atoms with Gasteiger partial charge in [0.2, 0.25) is 5.75 Å². The topological polar surface area (TPSA) is 108 Å². The van der Waals surface area contributed by atoms with Gasteiger partial charge in [-0.15, -0.1) is 6.58 Å². The molecule has 0 unspecified atom stereocenters. The summed E-state index contributed by atoms with van der Waals surface area (Å²) in [4.78, 5) is 34.3. The molecule has 146 valence electrons. The molecule has 1 N–H and O–H groups in total. The molecule has 0 saturated heterocycles. The van der Waals surface area contributed by atoms with E-state index < -0.39 is 22.9 Å². The molecule has 1 atom stereocenters. The molecular weight excluding hydrogens is 388 g/mol. The third kappa shape index (κ3) is 5.55. The minimum atomic E-state index is -0.972. The van der Waals surface area contributed by atoms with Crippen molar-refractivity contribution in [3.05, 3.63) is 75.8 Å². The highest BCUT2D eigenvalue weighted by Crippen LogP contribution is 2.33. The molecule has 0 bridgehead atoms. The van der Waals surface area contributed by atoms with Gasteiger partial charge in [-0.2, -0.15) is 0 Å². The van der Waals surface area contributed by atoms with Gasteiger partial charge in [-0.25, -0.2) is 4.79 Å². The lowest BCUT2D eigenvalue weighted by molar-refractivity contribution is -0.385. The van der Waals surface area contributed by atoms with Gasteiger partial charge in [0, 0.05) is 17.6 Å².